The molecule has 0 bridgehead atoms. The molecule has 1 aromatic heterocycles. The maximum absolute atomic E-state index is 12.6. The standard InChI is InChI=1S/C17H18BrN5O5/c1-3-28-17(25)22-13-8-12(14(23(26)27)16(19)21-13)20-9(2)15(24)10-5-4-6-11(18)7-10/h4-9H,3H2,1-2H3,(H4,19,20,21,22,25)/t9-/m0/s1. The molecule has 2 rings (SSSR count). The molecule has 0 spiro atoms. The number of ketones is 1. The van der Waals surface area contributed by atoms with Crippen LogP contribution in [0.5, 0.6) is 0 Å². The molecule has 0 saturated carbocycles. The topological polar surface area (TPSA) is 149 Å². The first kappa shape index (κ1) is 21.1. The number of nitrogens with one attached hydrogen (secondary N) is 2. The predicted molar refractivity (Wildman–Crippen MR) is 108 cm³/mol. The number of rotatable bonds is 7. The lowest BCUT2D eigenvalue weighted by atomic mass is 10.1. The van der Waals surface area contributed by atoms with E-state index in [9.17, 15) is 19.7 Å². The van der Waals surface area contributed by atoms with E-state index in [4.69, 9.17) is 10.5 Å². The number of carbonyl (C=O) groups is 2. The van der Waals surface area contributed by atoms with Gasteiger partial charge in [0.15, 0.2) is 5.78 Å². The summed E-state index contributed by atoms with van der Waals surface area (Å²) in [6.07, 6.45) is -0.785. The summed E-state index contributed by atoms with van der Waals surface area (Å²) in [5, 5.41) is 16.5. The first-order chi connectivity index (χ1) is 13.2. The van der Waals surface area contributed by atoms with Gasteiger partial charge in [-0.1, -0.05) is 28.1 Å². The van der Waals surface area contributed by atoms with Gasteiger partial charge in [0.2, 0.25) is 5.82 Å². The number of hydrogen-bond donors (Lipinski definition) is 3. The number of nitrogens with zero attached hydrogens (tertiary/aromatic N) is 2. The Hall–Kier alpha value is -3.21. The maximum Gasteiger partial charge on any atom is 0.412 e. The molecule has 0 aliphatic rings. The first-order valence-corrected chi connectivity index (χ1v) is 8.97. The van der Waals surface area contributed by atoms with Gasteiger partial charge in [0.1, 0.15) is 11.5 Å². The van der Waals surface area contributed by atoms with E-state index in [0.717, 1.165) is 4.47 Å². The quantitative estimate of drug-likeness (QED) is 0.328. The summed E-state index contributed by atoms with van der Waals surface area (Å²) < 4.78 is 5.48. The Kier molecular flexibility index (Phi) is 6.88. The van der Waals surface area contributed by atoms with Gasteiger partial charge in [-0.05, 0) is 26.0 Å². The van der Waals surface area contributed by atoms with Crippen molar-refractivity contribution in [2.75, 3.05) is 23.0 Å². The Morgan fingerprint density at radius 2 is 2.11 bits per heavy atom. The molecular formula is C17H18BrN5O5. The summed E-state index contributed by atoms with van der Waals surface area (Å²) in [7, 11) is 0. The molecule has 2 aromatic rings. The molecule has 0 aliphatic heterocycles. The van der Waals surface area contributed by atoms with Crippen LogP contribution >= 0.6 is 15.9 Å². The third-order valence-corrected chi connectivity index (χ3v) is 4.08. The fourth-order valence-corrected chi connectivity index (χ4v) is 2.79. The number of pyridine rings is 1. The number of Topliss-reactive ketones (excluding diaryl/α,β-unsaturated/α-hetero) is 1. The molecule has 148 valence electrons. The van der Waals surface area contributed by atoms with Crippen LogP contribution in [0.1, 0.15) is 24.2 Å². The molecule has 0 fully saturated rings. The van der Waals surface area contributed by atoms with Gasteiger partial charge in [-0.2, -0.15) is 0 Å². The van der Waals surface area contributed by atoms with Crippen LogP contribution in [0.15, 0.2) is 34.8 Å². The van der Waals surface area contributed by atoms with Gasteiger partial charge in [-0.15, -0.1) is 0 Å². The second-order valence-electron chi connectivity index (χ2n) is 5.63. The highest BCUT2D eigenvalue weighted by Crippen LogP contribution is 2.32. The number of nitrogens with two attached hydrogens (primary N) is 1. The molecule has 1 aromatic carbocycles. The predicted octanol–water partition coefficient (Wildman–Crippen LogP) is 3.59. The van der Waals surface area contributed by atoms with Crippen LogP contribution in [0.25, 0.3) is 0 Å². The summed E-state index contributed by atoms with van der Waals surface area (Å²) in [6.45, 7) is 3.32. The zero-order valence-corrected chi connectivity index (χ0v) is 16.6. The van der Waals surface area contributed by atoms with Crippen molar-refractivity contribution in [3.63, 3.8) is 0 Å². The summed E-state index contributed by atoms with van der Waals surface area (Å²) in [4.78, 5) is 38.7. The normalized spacial score (nSPS) is 11.4. The number of halogens is 1. The zero-order valence-electron chi connectivity index (χ0n) is 15.1. The lowest BCUT2D eigenvalue weighted by molar-refractivity contribution is -0.383. The number of aromatic nitrogens is 1. The lowest BCUT2D eigenvalue weighted by Crippen LogP contribution is -2.27. The van der Waals surface area contributed by atoms with E-state index in [1.54, 1.807) is 38.1 Å². The van der Waals surface area contributed by atoms with Gasteiger partial charge in [-0.25, -0.2) is 9.78 Å². The number of nitro groups is 1. The van der Waals surface area contributed by atoms with E-state index >= 15 is 0 Å². The van der Waals surface area contributed by atoms with E-state index in [1.807, 2.05) is 0 Å². The zero-order chi connectivity index (χ0) is 20.8. The van der Waals surface area contributed by atoms with Crippen LogP contribution in [-0.4, -0.2) is 34.4 Å². The first-order valence-electron chi connectivity index (χ1n) is 8.18. The largest absolute Gasteiger partial charge is 0.450 e. The van der Waals surface area contributed by atoms with Gasteiger partial charge in [-0.3, -0.25) is 20.2 Å². The smallest absolute Gasteiger partial charge is 0.412 e. The molecule has 1 atom stereocenters. The highest BCUT2D eigenvalue weighted by Gasteiger charge is 2.25. The number of carbonyl (C=O) groups excluding carboxylic acids is 2. The van der Waals surface area contributed by atoms with Crippen LogP contribution in [0.2, 0.25) is 0 Å². The Bertz CT molecular complexity index is 921. The second-order valence-corrected chi connectivity index (χ2v) is 6.55. The fourth-order valence-electron chi connectivity index (χ4n) is 2.39. The summed E-state index contributed by atoms with van der Waals surface area (Å²) >= 11 is 3.29. The van der Waals surface area contributed by atoms with E-state index < -0.39 is 28.6 Å². The van der Waals surface area contributed by atoms with Crippen LogP contribution in [0.3, 0.4) is 0 Å². The molecule has 1 heterocycles. The summed E-state index contributed by atoms with van der Waals surface area (Å²) in [6, 6.07) is 7.16. The van der Waals surface area contributed by atoms with Crippen LogP contribution < -0.4 is 16.4 Å². The average molecular weight is 452 g/mol. The third kappa shape index (κ3) is 5.16. The lowest BCUT2D eigenvalue weighted by Gasteiger charge is -2.16. The maximum atomic E-state index is 12.6. The van der Waals surface area contributed by atoms with Crippen molar-refractivity contribution in [2.24, 2.45) is 0 Å². The Labute approximate surface area is 168 Å². The molecular weight excluding hydrogens is 434 g/mol. The van der Waals surface area contributed by atoms with E-state index in [-0.39, 0.29) is 23.9 Å². The SMILES string of the molecule is CCOC(=O)Nc1cc(N[C@@H](C)C(=O)c2cccc(Br)c2)c([N+](=O)[O-])c(N)n1. The van der Waals surface area contributed by atoms with Crippen molar-refractivity contribution in [1.82, 2.24) is 4.98 Å². The van der Waals surface area contributed by atoms with Crippen molar-refractivity contribution in [3.05, 3.63) is 50.5 Å². The number of nitrogen functional groups attached to an aromatic ring is 1. The van der Waals surface area contributed by atoms with Crippen molar-refractivity contribution in [2.45, 2.75) is 19.9 Å². The monoisotopic (exact) mass is 451 g/mol. The minimum absolute atomic E-state index is 0.0499. The fraction of sp³-hybridized carbons (Fsp3) is 0.235. The third-order valence-electron chi connectivity index (χ3n) is 3.58. The summed E-state index contributed by atoms with van der Waals surface area (Å²) in [5.74, 6) is -0.749. The van der Waals surface area contributed by atoms with E-state index in [2.05, 4.69) is 31.5 Å². The van der Waals surface area contributed by atoms with Crippen molar-refractivity contribution in [3.8, 4) is 0 Å². The molecule has 10 nitrogen and oxygen atoms in total. The van der Waals surface area contributed by atoms with Crippen molar-refractivity contribution >= 4 is 50.8 Å². The molecule has 4 N–H and O–H groups in total. The highest BCUT2D eigenvalue weighted by atomic mass is 79.9. The van der Waals surface area contributed by atoms with Crippen LogP contribution in [0.4, 0.5) is 27.8 Å². The molecule has 11 heteroatoms. The Balaban J connectivity index is 2.33. The molecule has 0 saturated heterocycles. The molecule has 1 amide bonds. The van der Waals surface area contributed by atoms with Gasteiger partial charge >= 0.3 is 11.8 Å². The van der Waals surface area contributed by atoms with Gasteiger partial charge in [0.05, 0.1) is 17.6 Å². The van der Waals surface area contributed by atoms with Gasteiger partial charge < -0.3 is 15.8 Å². The van der Waals surface area contributed by atoms with Gasteiger partial charge in [0, 0.05) is 16.1 Å². The molecule has 0 aliphatic carbocycles. The number of hydrogen-bond acceptors (Lipinski definition) is 8. The number of anilines is 3. The minimum atomic E-state index is -0.815. The molecule has 0 unspecified atom stereocenters. The minimum Gasteiger partial charge on any atom is -0.450 e. The molecule has 0 radical (unpaired) electrons. The molecule has 28 heavy (non-hydrogen) atoms. The van der Waals surface area contributed by atoms with E-state index in [0.29, 0.717) is 5.56 Å². The Morgan fingerprint density at radius 3 is 2.71 bits per heavy atom. The van der Waals surface area contributed by atoms with Crippen LogP contribution in [-0.2, 0) is 4.74 Å². The number of ether oxygens (including phenoxy) is 1. The highest BCUT2D eigenvalue weighted by molar-refractivity contribution is 9.10. The van der Waals surface area contributed by atoms with Crippen molar-refractivity contribution < 1.29 is 19.2 Å². The van der Waals surface area contributed by atoms with E-state index in [1.165, 1.54) is 6.07 Å². The van der Waals surface area contributed by atoms with Crippen molar-refractivity contribution in [1.29, 1.82) is 0 Å². The van der Waals surface area contributed by atoms with Crippen LogP contribution in [0, 0.1) is 10.1 Å². The van der Waals surface area contributed by atoms with Gasteiger partial charge in [0.25, 0.3) is 0 Å². The number of benzene rings is 1. The summed E-state index contributed by atoms with van der Waals surface area (Å²) in [5.41, 5.74) is 5.55. The Morgan fingerprint density at radius 1 is 1.39 bits per heavy atom. The second kappa shape index (κ2) is 9.13. The average Bonchev–Trinajstić information content (AvgIpc) is 2.60. The number of amides is 1.